The maximum atomic E-state index is 12.3. The molecule has 3 aromatic rings. The number of benzene rings is 1. The number of hydrogen-bond acceptors (Lipinski definition) is 5. The van der Waals surface area contributed by atoms with Gasteiger partial charge in [-0.1, -0.05) is 23.7 Å². The van der Waals surface area contributed by atoms with Crippen molar-refractivity contribution in [3.05, 3.63) is 56.5 Å². The van der Waals surface area contributed by atoms with E-state index in [1.54, 1.807) is 45.0 Å². The van der Waals surface area contributed by atoms with Crippen LogP contribution in [0, 0.1) is 5.41 Å². The van der Waals surface area contributed by atoms with Crippen molar-refractivity contribution in [1.82, 2.24) is 19.1 Å². The molecule has 0 aliphatic rings. The fourth-order valence-corrected chi connectivity index (χ4v) is 2.58. The highest BCUT2D eigenvalue weighted by Crippen LogP contribution is 2.22. The van der Waals surface area contributed by atoms with Crippen LogP contribution in [0.5, 0.6) is 0 Å². The molecule has 3 rings (SSSR count). The zero-order chi connectivity index (χ0) is 19.1. The number of halogens is 1. The number of H-pyrrole nitrogens is 1. The molecule has 26 heavy (non-hydrogen) atoms. The molecule has 0 unspecified atom stereocenters. The second-order valence-corrected chi connectivity index (χ2v) is 7.14. The Morgan fingerprint density at radius 3 is 2.62 bits per heavy atom. The van der Waals surface area contributed by atoms with Gasteiger partial charge in [0.1, 0.15) is 6.33 Å². The minimum atomic E-state index is -0.720. The van der Waals surface area contributed by atoms with Crippen LogP contribution in [-0.2, 0) is 16.3 Å². The molecule has 0 atom stereocenters. The number of rotatable bonds is 3. The van der Waals surface area contributed by atoms with E-state index in [0.717, 1.165) is 4.57 Å². The molecule has 0 amide bonds. The summed E-state index contributed by atoms with van der Waals surface area (Å²) in [6, 6.07) is 6.93. The number of ether oxygens (including phenoxy) is 1. The molecule has 0 saturated heterocycles. The van der Waals surface area contributed by atoms with Gasteiger partial charge in [-0.15, -0.1) is 0 Å². The lowest BCUT2D eigenvalue weighted by Gasteiger charge is -2.17. The van der Waals surface area contributed by atoms with E-state index in [2.05, 4.69) is 9.97 Å². The van der Waals surface area contributed by atoms with Crippen LogP contribution in [0.15, 0.2) is 40.2 Å². The second-order valence-electron chi connectivity index (χ2n) is 6.74. The fourth-order valence-electron chi connectivity index (χ4n) is 2.36. The van der Waals surface area contributed by atoms with E-state index in [4.69, 9.17) is 16.3 Å². The van der Waals surface area contributed by atoms with Crippen LogP contribution < -0.4 is 11.2 Å². The van der Waals surface area contributed by atoms with Crippen LogP contribution in [-0.4, -0.2) is 25.1 Å². The Labute approximate surface area is 153 Å². The number of esters is 1. The lowest BCUT2D eigenvalue weighted by atomic mass is 9.98. The van der Waals surface area contributed by atoms with Crippen molar-refractivity contribution in [1.29, 1.82) is 0 Å². The zero-order valence-corrected chi connectivity index (χ0v) is 15.2. The molecule has 0 saturated carbocycles. The molecule has 1 N–H and O–H groups in total. The smallest absolute Gasteiger partial charge is 0.332 e. The van der Waals surface area contributed by atoms with Gasteiger partial charge in [-0.2, -0.15) is 0 Å². The largest absolute Gasteiger partial charge is 0.443 e. The van der Waals surface area contributed by atoms with E-state index in [0.29, 0.717) is 10.7 Å². The van der Waals surface area contributed by atoms with Gasteiger partial charge in [0.25, 0.3) is 5.56 Å². The maximum absolute atomic E-state index is 12.3. The Morgan fingerprint density at radius 1 is 1.27 bits per heavy atom. The van der Waals surface area contributed by atoms with Crippen molar-refractivity contribution in [2.45, 2.75) is 27.5 Å². The summed E-state index contributed by atoms with van der Waals surface area (Å²) < 4.78 is 7.76. The predicted molar refractivity (Wildman–Crippen MR) is 96.5 cm³/mol. The zero-order valence-electron chi connectivity index (χ0n) is 14.4. The Morgan fingerprint density at radius 2 is 1.96 bits per heavy atom. The molecular formula is C17H17ClN4O4. The number of carbonyl (C=O) groups excluding carboxylic acids is 1. The van der Waals surface area contributed by atoms with Crippen molar-refractivity contribution >= 4 is 28.7 Å². The lowest BCUT2D eigenvalue weighted by Crippen LogP contribution is -2.33. The van der Waals surface area contributed by atoms with Gasteiger partial charge in [0.2, 0.25) is 0 Å². The second kappa shape index (κ2) is 6.45. The average molecular weight is 377 g/mol. The summed E-state index contributed by atoms with van der Waals surface area (Å²) in [7, 11) is 0. The van der Waals surface area contributed by atoms with Crippen LogP contribution in [0.1, 0.15) is 20.8 Å². The molecule has 2 aromatic heterocycles. The van der Waals surface area contributed by atoms with E-state index in [9.17, 15) is 14.4 Å². The lowest BCUT2D eigenvalue weighted by molar-refractivity contribution is -0.156. The Balaban J connectivity index is 2.12. The molecule has 1 aromatic carbocycles. The quantitative estimate of drug-likeness (QED) is 0.705. The number of para-hydroxylation sites is 1. The van der Waals surface area contributed by atoms with Crippen LogP contribution in [0.3, 0.4) is 0 Å². The normalized spacial score (nSPS) is 11.7. The predicted octanol–water partition coefficient (Wildman–Crippen LogP) is 2.08. The van der Waals surface area contributed by atoms with E-state index in [-0.39, 0.29) is 17.9 Å². The summed E-state index contributed by atoms with van der Waals surface area (Å²) in [5.74, 6) is -0.478. The number of nitrogens with zero attached hydrogens (tertiary/aromatic N) is 3. The van der Waals surface area contributed by atoms with Crippen molar-refractivity contribution in [3.63, 3.8) is 0 Å². The first-order valence-corrected chi connectivity index (χ1v) is 8.20. The van der Waals surface area contributed by atoms with Crippen LogP contribution >= 0.6 is 11.6 Å². The number of carbonyl (C=O) groups is 1. The summed E-state index contributed by atoms with van der Waals surface area (Å²) in [4.78, 5) is 42.8. The molecular weight excluding hydrogens is 360 g/mol. The van der Waals surface area contributed by atoms with Crippen LogP contribution in [0.25, 0.3) is 16.9 Å². The number of hydrogen-bond donors (Lipinski definition) is 1. The van der Waals surface area contributed by atoms with E-state index >= 15 is 0 Å². The molecule has 0 bridgehead atoms. The van der Waals surface area contributed by atoms with Crippen LogP contribution in [0.4, 0.5) is 0 Å². The number of nitrogens with one attached hydrogen (secondary N) is 1. The number of aromatic nitrogens is 4. The standard InChI is InChI=1S/C17H17ClN4O4/c1-17(2,3)15(24)26-9-22-13-12(14(23)20-16(22)25)21(8-19-13)11-7-5-4-6-10(11)18/h4-8H,9H2,1-3H3,(H,20,23,25). The van der Waals surface area contributed by atoms with Gasteiger partial charge in [0.15, 0.2) is 17.9 Å². The molecule has 0 radical (unpaired) electrons. The van der Waals surface area contributed by atoms with Crippen LogP contribution in [0.2, 0.25) is 5.02 Å². The Kier molecular flexibility index (Phi) is 4.45. The molecule has 9 heteroatoms. The van der Waals surface area contributed by atoms with E-state index in [1.165, 1.54) is 10.9 Å². The van der Waals surface area contributed by atoms with Crippen molar-refractivity contribution in [2.75, 3.05) is 0 Å². The molecule has 0 fully saturated rings. The first-order valence-electron chi connectivity index (χ1n) is 7.82. The number of imidazole rings is 1. The molecule has 0 aliphatic heterocycles. The Bertz CT molecular complexity index is 1100. The van der Waals surface area contributed by atoms with Gasteiger partial charge >= 0.3 is 11.7 Å². The van der Waals surface area contributed by atoms with Gasteiger partial charge < -0.3 is 4.74 Å². The average Bonchev–Trinajstić information content (AvgIpc) is 2.99. The highest BCUT2D eigenvalue weighted by Gasteiger charge is 2.24. The van der Waals surface area contributed by atoms with Gasteiger partial charge in [-0.3, -0.25) is 19.1 Å². The summed E-state index contributed by atoms with van der Waals surface area (Å²) in [5.41, 5.74) is -1.28. The van der Waals surface area contributed by atoms with Gasteiger partial charge in [0, 0.05) is 0 Å². The molecule has 0 spiro atoms. The summed E-state index contributed by atoms with van der Waals surface area (Å²) in [6.45, 7) is 4.74. The van der Waals surface area contributed by atoms with E-state index in [1.807, 2.05) is 0 Å². The van der Waals surface area contributed by atoms with E-state index < -0.39 is 22.6 Å². The molecule has 0 aliphatic carbocycles. The third kappa shape index (κ3) is 3.15. The SMILES string of the molecule is CC(C)(C)C(=O)OCn1c(=O)[nH]c(=O)c2c1ncn2-c1ccccc1Cl. The summed E-state index contributed by atoms with van der Waals surface area (Å²) in [5, 5.41) is 0.420. The van der Waals surface area contributed by atoms with Gasteiger partial charge in [0.05, 0.1) is 16.1 Å². The molecule has 2 heterocycles. The summed E-state index contributed by atoms with van der Waals surface area (Å²) >= 11 is 6.19. The highest BCUT2D eigenvalue weighted by atomic mass is 35.5. The van der Waals surface area contributed by atoms with Gasteiger partial charge in [-0.05, 0) is 32.9 Å². The maximum Gasteiger partial charge on any atom is 0.332 e. The third-order valence-corrected chi connectivity index (χ3v) is 4.05. The monoisotopic (exact) mass is 376 g/mol. The first-order chi connectivity index (χ1) is 12.2. The minimum Gasteiger partial charge on any atom is -0.443 e. The molecule has 8 nitrogen and oxygen atoms in total. The fraction of sp³-hybridized carbons (Fsp3) is 0.294. The highest BCUT2D eigenvalue weighted by molar-refractivity contribution is 6.32. The van der Waals surface area contributed by atoms with Crippen molar-refractivity contribution in [3.8, 4) is 5.69 Å². The number of fused-ring (bicyclic) bond motifs is 1. The summed E-state index contributed by atoms with van der Waals surface area (Å²) in [6.07, 6.45) is 1.39. The van der Waals surface area contributed by atoms with Gasteiger partial charge in [-0.25, -0.2) is 14.3 Å². The minimum absolute atomic E-state index is 0.0976. The van der Waals surface area contributed by atoms with Crippen molar-refractivity contribution < 1.29 is 9.53 Å². The first kappa shape index (κ1) is 17.9. The van der Waals surface area contributed by atoms with Crippen molar-refractivity contribution in [2.24, 2.45) is 5.41 Å². The molecule has 136 valence electrons. The number of aromatic amines is 1. The third-order valence-electron chi connectivity index (χ3n) is 3.73. The Hall–Kier alpha value is -2.87. The topological polar surface area (TPSA) is 99.0 Å².